The number of thiophene rings is 1. The molecule has 0 saturated heterocycles. The summed E-state index contributed by atoms with van der Waals surface area (Å²) in [5, 5.41) is 12.1. The van der Waals surface area contributed by atoms with Gasteiger partial charge in [0.15, 0.2) is 11.6 Å². The van der Waals surface area contributed by atoms with Crippen molar-refractivity contribution in [1.29, 1.82) is 0 Å². The highest BCUT2D eigenvalue weighted by Gasteiger charge is 2.23. The van der Waals surface area contributed by atoms with Gasteiger partial charge in [0.2, 0.25) is 5.95 Å². The average molecular weight is 731 g/mol. The molecule has 3 heterocycles. The van der Waals surface area contributed by atoms with Gasteiger partial charge in [-0.3, -0.25) is 4.57 Å². The second-order valence-corrected chi connectivity index (χ2v) is 15.4. The average Bonchev–Trinajstić information content (AvgIpc) is 3.83. The quantitative estimate of drug-likeness (QED) is 0.181. The van der Waals surface area contributed by atoms with Crippen LogP contribution in [0, 0.1) is 0 Å². The van der Waals surface area contributed by atoms with Gasteiger partial charge in [0, 0.05) is 58.6 Å². The van der Waals surface area contributed by atoms with Crippen LogP contribution in [-0.4, -0.2) is 19.5 Å². The van der Waals surface area contributed by atoms with Crippen LogP contribution in [0.25, 0.3) is 114 Å². The molecule has 0 saturated carbocycles. The van der Waals surface area contributed by atoms with E-state index in [1.54, 1.807) is 0 Å². The molecule has 0 radical (unpaired) electrons. The SMILES string of the molecule is c1ccc(-c2nc(-c3ccc4ccccc4c3)nc(-n3c4c(-c5cccc6c5sc5ccc7ccccc7c56)cccc4c4ccc5ccccc5c43)n2)cc1. The van der Waals surface area contributed by atoms with Crippen molar-refractivity contribution in [1.82, 2.24) is 19.5 Å². The van der Waals surface area contributed by atoms with Crippen molar-refractivity contribution in [3.8, 4) is 39.9 Å². The molecule has 9 aromatic carbocycles. The van der Waals surface area contributed by atoms with Gasteiger partial charge in [-0.1, -0.05) is 170 Å². The van der Waals surface area contributed by atoms with E-state index >= 15 is 0 Å². The van der Waals surface area contributed by atoms with Crippen LogP contribution in [0.4, 0.5) is 0 Å². The van der Waals surface area contributed by atoms with E-state index in [0.717, 1.165) is 54.7 Å². The molecule has 0 N–H and O–H groups in total. The summed E-state index contributed by atoms with van der Waals surface area (Å²) in [7, 11) is 0. The first-order valence-corrected chi connectivity index (χ1v) is 19.7. The maximum atomic E-state index is 5.39. The Morgan fingerprint density at radius 2 is 0.982 bits per heavy atom. The highest BCUT2D eigenvalue weighted by atomic mass is 32.1. The van der Waals surface area contributed by atoms with Gasteiger partial charge in [-0.2, -0.15) is 9.97 Å². The molecule has 260 valence electrons. The predicted octanol–water partition coefficient (Wildman–Crippen LogP) is 13.8. The van der Waals surface area contributed by atoms with E-state index in [0.29, 0.717) is 17.6 Å². The van der Waals surface area contributed by atoms with Crippen molar-refractivity contribution < 1.29 is 0 Å². The number of aromatic nitrogens is 4. The number of para-hydroxylation sites is 1. The molecule has 0 bridgehead atoms. The normalized spacial score (nSPS) is 11.9. The molecule has 0 aliphatic heterocycles. The number of hydrogen-bond donors (Lipinski definition) is 0. The number of fused-ring (bicyclic) bond motifs is 11. The van der Waals surface area contributed by atoms with Gasteiger partial charge in [-0.05, 0) is 39.1 Å². The fourth-order valence-corrected chi connectivity index (χ4v) is 9.91. The Balaban J connectivity index is 1.22. The summed E-state index contributed by atoms with van der Waals surface area (Å²) in [5.41, 5.74) is 6.36. The maximum Gasteiger partial charge on any atom is 0.238 e. The number of hydrogen-bond acceptors (Lipinski definition) is 4. The zero-order chi connectivity index (χ0) is 36.7. The van der Waals surface area contributed by atoms with Crippen molar-refractivity contribution in [3.05, 3.63) is 182 Å². The van der Waals surface area contributed by atoms with Crippen molar-refractivity contribution in [2.24, 2.45) is 0 Å². The molecule has 3 aromatic heterocycles. The van der Waals surface area contributed by atoms with E-state index in [2.05, 4.69) is 168 Å². The minimum atomic E-state index is 0.584. The van der Waals surface area contributed by atoms with Crippen molar-refractivity contribution in [2.75, 3.05) is 0 Å². The molecular formula is C51H30N4S. The fourth-order valence-electron chi connectivity index (χ4n) is 8.66. The van der Waals surface area contributed by atoms with E-state index in [1.807, 2.05) is 29.5 Å². The molecule has 12 aromatic rings. The molecule has 0 unspecified atom stereocenters. The van der Waals surface area contributed by atoms with E-state index in [4.69, 9.17) is 15.0 Å². The third-order valence-electron chi connectivity index (χ3n) is 11.2. The van der Waals surface area contributed by atoms with E-state index in [-0.39, 0.29) is 0 Å². The van der Waals surface area contributed by atoms with Crippen LogP contribution in [0.1, 0.15) is 0 Å². The highest BCUT2D eigenvalue weighted by molar-refractivity contribution is 7.26. The number of rotatable bonds is 4. The van der Waals surface area contributed by atoms with Gasteiger partial charge in [-0.15, -0.1) is 11.3 Å². The molecule has 56 heavy (non-hydrogen) atoms. The number of benzene rings is 9. The van der Waals surface area contributed by atoms with Crippen LogP contribution in [0.15, 0.2) is 182 Å². The van der Waals surface area contributed by atoms with Crippen LogP contribution >= 0.6 is 11.3 Å². The van der Waals surface area contributed by atoms with E-state index in [1.165, 1.54) is 41.9 Å². The monoisotopic (exact) mass is 730 g/mol. The van der Waals surface area contributed by atoms with Gasteiger partial charge < -0.3 is 0 Å². The first-order chi connectivity index (χ1) is 27.8. The second kappa shape index (κ2) is 12.2. The topological polar surface area (TPSA) is 43.6 Å². The lowest BCUT2D eigenvalue weighted by molar-refractivity contribution is 0.956. The van der Waals surface area contributed by atoms with Gasteiger partial charge in [-0.25, -0.2) is 4.98 Å². The fraction of sp³-hybridized carbons (Fsp3) is 0. The Kier molecular flexibility index (Phi) is 6.76. The van der Waals surface area contributed by atoms with Crippen molar-refractivity contribution >= 4 is 85.6 Å². The molecule has 0 aliphatic rings. The third kappa shape index (κ3) is 4.68. The maximum absolute atomic E-state index is 5.39. The summed E-state index contributed by atoms with van der Waals surface area (Å²) in [4.78, 5) is 15.9. The lowest BCUT2D eigenvalue weighted by Gasteiger charge is -2.14. The van der Waals surface area contributed by atoms with Gasteiger partial charge in [0.1, 0.15) is 0 Å². The Bertz CT molecular complexity index is 3540. The standard InChI is InChI=1S/C51H30N4S/c1-2-15-34(16-3-1)49-52-50(36-25-24-31-12-4-5-17-35(31)30-36)54-51(53-49)55-46-38-19-9-7-14-33(38)26-28-41(46)39-20-10-21-40(47(39)55)42-22-11-23-43-45-37-18-8-6-13-32(37)27-29-44(45)56-48(42)43/h1-30H. The first kappa shape index (κ1) is 31.2. The first-order valence-electron chi connectivity index (χ1n) is 18.9. The molecule has 0 atom stereocenters. The van der Waals surface area contributed by atoms with Crippen LogP contribution in [0.2, 0.25) is 0 Å². The molecule has 0 amide bonds. The Morgan fingerprint density at radius 1 is 0.375 bits per heavy atom. The third-order valence-corrected chi connectivity index (χ3v) is 12.4. The summed E-state index contributed by atoms with van der Waals surface area (Å²) in [6, 6.07) is 64.9. The van der Waals surface area contributed by atoms with Crippen LogP contribution in [0.3, 0.4) is 0 Å². The largest absolute Gasteiger partial charge is 0.277 e. The molecule has 0 fully saturated rings. The van der Waals surface area contributed by atoms with Crippen LogP contribution in [0.5, 0.6) is 0 Å². The van der Waals surface area contributed by atoms with Crippen molar-refractivity contribution in [2.45, 2.75) is 0 Å². The van der Waals surface area contributed by atoms with E-state index in [9.17, 15) is 0 Å². The van der Waals surface area contributed by atoms with Crippen LogP contribution in [-0.2, 0) is 0 Å². The summed E-state index contributed by atoms with van der Waals surface area (Å²) in [6.07, 6.45) is 0. The van der Waals surface area contributed by atoms with E-state index < -0.39 is 0 Å². The Hall–Kier alpha value is -7.21. The summed E-state index contributed by atoms with van der Waals surface area (Å²) in [5.74, 6) is 1.84. The smallest absolute Gasteiger partial charge is 0.238 e. The lowest BCUT2D eigenvalue weighted by atomic mass is 9.98. The molecule has 4 nitrogen and oxygen atoms in total. The predicted molar refractivity (Wildman–Crippen MR) is 236 cm³/mol. The van der Waals surface area contributed by atoms with Gasteiger partial charge in [0.25, 0.3) is 0 Å². The second-order valence-electron chi connectivity index (χ2n) is 14.4. The molecule has 12 rings (SSSR count). The molecular weight excluding hydrogens is 701 g/mol. The molecule has 0 aliphatic carbocycles. The Morgan fingerprint density at radius 3 is 1.82 bits per heavy atom. The van der Waals surface area contributed by atoms with Crippen LogP contribution < -0.4 is 0 Å². The highest BCUT2D eigenvalue weighted by Crippen LogP contribution is 2.46. The van der Waals surface area contributed by atoms with Crippen molar-refractivity contribution in [3.63, 3.8) is 0 Å². The minimum Gasteiger partial charge on any atom is -0.277 e. The number of nitrogens with zero attached hydrogens (tertiary/aromatic N) is 4. The molecule has 0 spiro atoms. The minimum absolute atomic E-state index is 0.584. The molecule has 5 heteroatoms. The van der Waals surface area contributed by atoms with Gasteiger partial charge in [0.05, 0.1) is 11.0 Å². The Labute approximate surface area is 325 Å². The lowest BCUT2D eigenvalue weighted by Crippen LogP contribution is -2.07. The summed E-state index contributed by atoms with van der Waals surface area (Å²) < 4.78 is 4.86. The zero-order valence-electron chi connectivity index (χ0n) is 30.0. The zero-order valence-corrected chi connectivity index (χ0v) is 30.8. The summed E-state index contributed by atoms with van der Waals surface area (Å²) >= 11 is 1.87. The summed E-state index contributed by atoms with van der Waals surface area (Å²) in [6.45, 7) is 0. The van der Waals surface area contributed by atoms with Gasteiger partial charge >= 0.3 is 0 Å².